The predicted molar refractivity (Wildman–Crippen MR) is 58.2 cm³/mol. The molecule has 4 heteroatoms. The number of likely N-dealkylation sites (N-methyl/N-ethyl adjacent to an activating group) is 1. The van der Waals surface area contributed by atoms with E-state index < -0.39 is 6.10 Å². The molecule has 0 fully saturated rings. The maximum atomic E-state index is 11.9. The first kappa shape index (κ1) is 10.7. The van der Waals surface area contributed by atoms with Gasteiger partial charge in [0.1, 0.15) is 5.75 Å². The number of para-hydroxylation sites is 1. The Bertz CT molecular complexity index is 442. The Morgan fingerprint density at radius 2 is 2.00 bits per heavy atom. The summed E-state index contributed by atoms with van der Waals surface area (Å²) in [6, 6.07) is 6.92. The van der Waals surface area contributed by atoms with Crippen molar-refractivity contribution >= 4 is 11.8 Å². The normalized spacial score (nSPS) is 20.1. The Morgan fingerprint density at radius 3 is 2.69 bits per heavy atom. The minimum atomic E-state index is -0.572. The summed E-state index contributed by atoms with van der Waals surface area (Å²) < 4.78 is 5.55. The van der Waals surface area contributed by atoms with Gasteiger partial charge in [0.05, 0.1) is 5.56 Å². The summed E-state index contributed by atoms with van der Waals surface area (Å²) in [5, 5.41) is 0. The van der Waals surface area contributed by atoms with Gasteiger partial charge in [-0.25, -0.2) is 0 Å². The summed E-state index contributed by atoms with van der Waals surface area (Å²) in [7, 11) is 1.48. The summed E-state index contributed by atoms with van der Waals surface area (Å²) >= 11 is 0. The van der Waals surface area contributed by atoms with Gasteiger partial charge < -0.3 is 4.74 Å². The van der Waals surface area contributed by atoms with Crippen molar-refractivity contribution in [1.82, 2.24) is 4.90 Å². The number of fused-ring (bicyclic) bond motifs is 1. The molecular weight excluding hydrogens is 206 g/mol. The Balaban J connectivity index is 2.50. The molecule has 1 aliphatic heterocycles. The number of carbonyl (C=O) groups is 2. The van der Waals surface area contributed by atoms with Gasteiger partial charge >= 0.3 is 0 Å². The van der Waals surface area contributed by atoms with Crippen LogP contribution >= 0.6 is 0 Å². The van der Waals surface area contributed by atoms with Crippen LogP contribution in [0.4, 0.5) is 0 Å². The lowest BCUT2D eigenvalue weighted by Gasteiger charge is -2.16. The molecule has 1 atom stereocenters. The molecule has 0 aromatic heterocycles. The summed E-state index contributed by atoms with van der Waals surface area (Å²) in [6.07, 6.45) is -0.0253. The first-order valence-electron chi connectivity index (χ1n) is 5.22. The van der Waals surface area contributed by atoms with Crippen molar-refractivity contribution in [2.75, 3.05) is 7.05 Å². The van der Waals surface area contributed by atoms with E-state index in [1.165, 1.54) is 7.05 Å². The van der Waals surface area contributed by atoms with Crippen molar-refractivity contribution < 1.29 is 14.3 Å². The van der Waals surface area contributed by atoms with Crippen molar-refractivity contribution in [3.8, 4) is 5.75 Å². The number of nitrogens with zero attached hydrogens (tertiary/aromatic N) is 1. The lowest BCUT2D eigenvalue weighted by molar-refractivity contribution is -0.134. The molecule has 0 spiro atoms. The zero-order valence-electron chi connectivity index (χ0n) is 9.27. The molecule has 1 aliphatic rings. The van der Waals surface area contributed by atoms with Gasteiger partial charge in [0.25, 0.3) is 11.8 Å². The van der Waals surface area contributed by atoms with Gasteiger partial charge in [0.15, 0.2) is 6.10 Å². The third kappa shape index (κ3) is 1.56. The second-order valence-corrected chi connectivity index (χ2v) is 3.71. The Hall–Kier alpha value is -1.84. The second kappa shape index (κ2) is 3.96. The summed E-state index contributed by atoms with van der Waals surface area (Å²) in [5.74, 6) is -0.114. The highest BCUT2D eigenvalue weighted by Crippen LogP contribution is 2.25. The van der Waals surface area contributed by atoms with Gasteiger partial charge in [-0.2, -0.15) is 0 Å². The third-order valence-electron chi connectivity index (χ3n) is 2.67. The van der Waals surface area contributed by atoms with Gasteiger partial charge in [-0.15, -0.1) is 0 Å². The first-order valence-corrected chi connectivity index (χ1v) is 5.22. The Labute approximate surface area is 93.8 Å². The molecule has 1 unspecified atom stereocenters. The van der Waals surface area contributed by atoms with E-state index >= 15 is 0 Å². The molecule has 0 aliphatic carbocycles. The number of hydrogen-bond donors (Lipinski definition) is 0. The molecule has 1 heterocycles. The van der Waals surface area contributed by atoms with E-state index in [0.29, 0.717) is 17.7 Å². The largest absolute Gasteiger partial charge is 0.480 e. The SMILES string of the molecule is CCC1Oc2ccccc2C(=O)N(C)C1=O. The number of imide groups is 1. The lowest BCUT2D eigenvalue weighted by Crippen LogP contribution is -2.40. The summed E-state index contributed by atoms with van der Waals surface area (Å²) in [4.78, 5) is 24.9. The van der Waals surface area contributed by atoms with Gasteiger partial charge in [0.2, 0.25) is 0 Å². The quantitative estimate of drug-likeness (QED) is 0.672. The molecule has 1 aromatic carbocycles. The van der Waals surface area contributed by atoms with E-state index in [-0.39, 0.29) is 11.8 Å². The number of rotatable bonds is 1. The highest BCUT2D eigenvalue weighted by atomic mass is 16.5. The monoisotopic (exact) mass is 219 g/mol. The van der Waals surface area contributed by atoms with Crippen molar-refractivity contribution in [2.24, 2.45) is 0 Å². The van der Waals surface area contributed by atoms with Gasteiger partial charge in [-0.3, -0.25) is 14.5 Å². The van der Waals surface area contributed by atoms with E-state index in [0.717, 1.165) is 4.90 Å². The molecule has 0 bridgehead atoms. The molecule has 84 valence electrons. The molecule has 0 N–H and O–H groups in total. The molecular formula is C12H13NO3. The number of benzene rings is 1. The number of hydrogen-bond acceptors (Lipinski definition) is 3. The van der Waals surface area contributed by atoms with Crippen LogP contribution in [0.2, 0.25) is 0 Å². The Kier molecular flexibility index (Phi) is 2.64. The summed E-state index contributed by atoms with van der Waals surface area (Å²) in [5.41, 5.74) is 0.439. The van der Waals surface area contributed by atoms with Crippen LogP contribution in [0.15, 0.2) is 24.3 Å². The van der Waals surface area contributed by atoms with Crippen molar-refractivity contribution in [3.63, 3.8) is 0 Å². The van der Waals surface area contributed by atoms with Gasteiger partial charge in [0, 0.05) is 7.05 Å². The predicted octanol–water partition coefficient (Wildman–Crippen LogP) is 1.46. The fraction of sp³-hybridized carbons (Fsp3) is 0.333. The van der Waals surface area contributed by atoms with Crippen LogP contribution in [0.3, 0.4) is 0 Å². The van der Waals surface area contributed by atoms with E-state index in [9.17, 15) is 9.59 Å². The average Bonchev–Trinajstić information content (AvgIpc) is 2.41. The van der Waals surface area contributed by atoms with Crippen molar-refractivity contribution in [3.05, 3.63) is 29.8 Å². The average molecular weight is 219 g/mol. The van der Waals surface area contributed by atoms with E-state index in [2.05, 4.69) is 0 Å². The Morgan fingerprint density at radius 1 is 1.31 bits per heavy atom. The van der Waals surface area contributed by atoms with Crippen LogP contribution in [-0.4, -0.2) is 29.9 Å². The number of amides is 2. The van der Waals surface area contributed by atoms with Gasteiger partial charge in [-0.05, 0) is 18.6 Å². The minimum Gasteiger partial charge on any atom is -0.480 e. The fourth-order valence-corrected chi connectivity index (χ4v) is 1.70. The molecule has 0 saturated carbocycles. The highest BCUT2D eigenvalue weighted by Gasteiger charge is 2.32. The van der Waals surface area contributed by atoms with Crippen molar-refractivity contribution in [1.29, 1.82) is 0 Å². The van der Waals surface area contributed by atoms with Crippen LogP contribution < -0.4 is 4.74 Å². The fourth-order valence-electron chi connectivity index (χ4n) is 1.70. The third-order valence-corrected chi connectivity index (χ3v) is 2.67. The second-order valence-electron chi connectivity index (χ2n) is 3.71. The van der Waals surface area contributed by atoms with E-state index in [1.807, 2.05) is 6.92 Å². The van der Waals surface area contributed by atoms with Crippen molar-refractivity contribution in [2.45, 2.75) is 19.4 Å². The van der Waals surface area contributed by atoms with E-state index in [4.69, 9.17) is 4.74 Å². The zero-order valence-corrected chi connectivity index (χ0v) is 9.27. The molecule has 0 saturated heterocycles. The zero-order chi connectivity index (χ0) is 11.7. The topological polar surface area (TPSA) is 46.6 Å². The lowest BCUT2D eigenvalue weighted by atomic mass is 10.2. The van der Waals surface area contributed by atoms with E-state index in [1.54, 1.807) is 24.3 Å². The molecule has 16 heavy (non-hydrogen) atoms. The molecule has 4 nitrogen and oxygen atoms in total. The molecule has 2 amide bonds. The maximum Gasteiger partial charge on any atom is 0.270 e. The van der Waals surface area contributed by atoms with Crippen LogP contribution in [0.1, 0.15) is 23.7 Å². The van der Waals surface area contributed by atoms with Crippen LogP contribution in [-0.2, 0) is 4.79 Å². The molecule has 2 rings (SSSR count). The van der Waals surface area contributed by atoms with Crippen LogP contribution in [0, 0.1) is 0 Å². The highest BCUT2D eigenvalue weighted by molar-refractivity contribution is 6.08. The number of carbonyl (C=O) groups excluding carboxylic acids is 2. The first-order chi connectivity index (χ1) is 7.65. The number of ether oxygens (including phenoxy) is 1. The molecule has 1 aromatic rings. The smallest absolute Gasteiger partial charge is 0.270 e. The van der Waals surface area contributed by atoms with Crippen LogP contribution in [0.5, 0.6) is 5.75 Å². The standard InChI is InChI=1S/C12H13NO3/c1-3-9-12(15)13(2)11(14)8-6-4-5-7-10(8)16-9/h4-7,9H,3H2,1-2H3. The molecule has 0 radical (unpaired) electrons. The maximum absolute atomic E-state index is 11.9. The minimum absolute atomic E-state index is 0.288. The summed E-state index contributed by atoms with van der Waals surface area (Å²) in [6.45, 7) is 1.86. The van der Waals surface area contributed by atoms with Gasteiger partial charge in [-0.1, -0.05) is 19.1 Å². The van der Waals surface area contributed by atoms with Crippen LogP contribution in [0.25, 0.3) is 0 Å².